The second-order valence-electron chi connectivity index (χ2n) is 4.94. The lowest BCUT2D eigenvalue weighted by Gasteiger charge is -2.42. The molecule has 92 valence electrons. The average Bonchev–Trinajstić information content (AvgIpc) is 2.23. The predicted octanol–water partition coefficient (Wildman–Crippen LogP) is 1.97. The van der Waals surface area contributed by atoms with Gasteiger partial charge >= 0.3 is 0 Å². The third kappa shape index (κ3) is 2.57. The molecule has 4 heteroatoms. The van der Waals surface area contributed by atoms with Crippen molar-refractivity contribution in [2.45, 2.75) is 24.7 Å². The first kappa shape index (κ1) is 12.3. The van der Waals surface area contributed by atoms with Crippen molar-refractivity contribution < 1.29 is 13.2 Å². The zero-order valence-corrected chi connectivity index (χ0v) is 10.7. The summed E-state index contributed by atoms with van der Waals surface area (Å²) in [6, 6.07) is 7.28. The summed E-state index contributed by atoms with van der Waals surface area (Å²) in [5.74, 6) is 0.209. The van der Waals surface area contributed by atoms with Crippen LogP contribution in [0.4, 0.5) is 0 Å². The Morgan fingerprint density at radius 1 is 1.24 bits per heavy atom. The van der Waals surface area contributed by atoms with Gasteiger partial charge in [0.1, 0.15) is 16.1 Å². The van der Waals surface area contributed by atoms with Crippen LogP contribution < -0.4 is 0 Å². The van der Waals surface area contributed by atoms with E-state index in [4.69, 9.17) is 0 Å². The fourth-order valence-electron chi connectivity index (χ4n) is 2.54. The van der Waals surface area contributed by atoms with Gasteiger partial charge in [0.05, 0.1) is 5.75 Å². The van der Waals surface area contributed by atoms with E-state index in [0.717, 1.165) is 31.1 Å². The fourth-order valence-corrected chi connectivity index (χ4v) is 4.00. The summed E-state index contributed by atoms with van der Waals surface area (Å²) in [5, 5.41) is 0. The molecule has 2 rings (SSSR count). The van der Waals surface area contributed by atoms with Gasteiger partial charge in [-0.25, -0.2) is 8.42 Å². The third-order valence-corrected chi connectivity index (χ3v) is 4.59. The highest BCUT2D eigenvalue weighted by Gasteiger charge is 2.41. The van der Waals surface area contributed by atoms with Crippen molar-refractivity contribution in [1.82, 2.24) is 0 Å². The van der Waals surface area contributed by atoms with E-state index in [1.807, 2.05) is 12.1 Å². The molecule has 0 amide bonds. The number of aldehydes is 1. The van der Waals surface area contributed by atoms with Gasteiger partial charge in [0.2, 0.25) is 0 Å². The first-order chi connectivity index (χ1) is 7.95. The van der Waals surface area contributed by atoms with Crippen LogP contribution in [0.25, 0.3) is 0 Å². The summed E-state index contributed by atoms with van der Waals surface area (Å²) in [5.41, 5.74) is 1.46. The standard InChI is InChI=1S/C13H16O3S/c1-17(15,16)10-13(7-2-8-13)12-5-3-11(9-14)4-6-12/h3-6,9H,2,7-8,10H2,1H3. The maximum atomic E-state index is 11.5. The first-order valence-corrected chi connectivity index (χ1v) is 7.75. The van der Waals surface area contributed by atoms with Gasteiger partial charge in [-0.1, -0.05) is 30.7 Å². The van der Waals surface area contributed by atoms with Gasteiger partial charge < -0.3 is 0 Å². The number of hydrogen-bond donors (Lipinski definition) is 0. The van der Waals surface area contributed by atoms with Crippen molar-refractivity contribution >= 4 is 16.1 Å². The minimum absolute atomic E-state index is 0.209. The Bertz CT molecular complexity index is 510. The van der Waals surface area contributed by atoms with Crippen LogP contribution in [0, 0.1) is 0 Å². The molecule has 1 aromatic carbocycles. The molecule has 1 aliphatic rings. The topological polar surface area (TPSA) is 51.2 Å². The first-order valence-electron chi connectivity index (χ1n) is 5.69. The molecule has 1 fully saturated rings. The van der Waals surface area contributed by atoms with E-state index in [1.54, 1.807) is 12.1 Å². The molecule has 0 spiro atoms. The molecule has 0 bridgehead atoms. The Hall–Kier alpha value is -1.16. The largest absolute Gasteiger partial charge is 0.298 e. The summed E-state index contributed by atoms with van der Waals surface area (Å²) in [6.45, 7) is 0. The highest BCUT2D eigenvalue weighted by atomic mass is 32.2. The summed E-state index contributed by atoms with van der Waals surface area (Å²) < 4.78 is 23.0. The van der Waals surface area contributed by atoms with Crippen LogP contribution in [-0.4, -0.2) is 26.7 Å². The Balaban J connectivity index is 2.31. The van der Waals surface area contributed by atoms with Gasteiger partial charge in [0, 0.05) is 17.2 Å². The molecule has 1 saturated carbocycles. The second-order valence-corrected chi connectivity index (χ2v) is 7.08. The Morgan fingerprint density at radius 2 is 1.82 bits per heavy atom. The molecule has 0 N–H and O–H groups in total. The van der Waals surface area contributed by atoms with Gasteiger partial charge in [-0.15, -0.1) is 0 Å². The molecule has 0 heterocycles. The van der Waals surface area contributed by atoms with Crippen molar-refractivity contribution in [3.8, 4) is 0 Å². The molecule has 3 nitrogen and oxygen atoms in total. The number of sulfone groups is 1. The van der Waals surface area contributed by atoms with E-state index in [9.17, 15) is 13.2 Å². The molecule has 0 unspecified atom stereocenters. The van der Waals surface area contributed by atoms with Gasteiger partial charge in [0.15, 0.2) is 0 Å². The van der Waals surface area contributed by atoms with Crippen LogP contribution in [-0.2, 0) is 15.3 Å². The fraction of sp³-hybridized carbons (Fsp3) is 0.462. The van der Waals surface area contributed by atoms with Crippen LogP contribution >= 0.6 is 0 Å². The maximum absolute atomic E-state index is 11.5. The number of rotatable bonds is 4. The predicted molar refractivity (Wildman–Crippen MR) is 67.1 cm³/mol. The minimum atomic E-state index is -2.98. The zero-order chi connectivity index (χ0) is 12.5. The van der Waals surface area contributed by atoms with Crippen molar-refractivity contribution in [3.05, 3.63) is 35.4 Å². The van der Waals surface area contributed by atoms with Crippen LogP contribution in [0.1, 0.15) is 35.2 Å². The smallest absolute Gasteiger partial charge is 0.150 e. The average molecular weight is 252 g/mol. The molecule has 0 atom stereocenters. The SMILES string of the molecule is CS(=O)(=O)CC1(c2ccc(C=O)cc2)CCC1. The molecule has 0 aromatic heterocycles. The lowest BCUT2D eigenvalue weighted by Crippen LogP contribution is -2.40. The highest BCUT2D eigenvalue weighted by Crippen LogP contribution is 2.44. The summed E-state index contributed by atoms with van der Waals surface area (Å²) in [4.78, 5) is 10.6. The highest BCUT2D eigenvalue weighted by molar-refractivity contribution is 7.90. The van der Waals surface area contributed by atoms with E-state index in [1.165, 1.54) is 6.26 Å². The van der Waals surface area contributed by atoms with Crippen LogP contribution in [0.2, 0.25) is 0 Å². The van der Waals surface area contributed by atoms with Crippen LogP contribution in [0.5, 0.6) is 0 Å². The van der Waals surface area contributed by atoms with Crippen molar-refractivity contribution in [1.29, 1.82) is 0 Å². The van der Waals surface area contributed by atoms with Crippen molar-refractivity contribution in [3.63, 3.8) is 0 Å². The lowest BCUT2D eigenvalue weighted by molar-refractivity contribution is 0.112. The summed E-state index contributed by atoms with van der Waals surface area (Å²) in [6.07, 6.45) is 4.99. The van der Waals surface area contributed by atoms with Crippen LogP contribution in [0.3, 0.4) is 0 Å². The Labute approximate surface area is 102 Å². The number of benzene rings is 1. The molecule has 0 saturated heterocycles. The monoisotopic (exact) mass is 252 g/mol. The van der Waals surface area contributed by atoms with E-state index in [0.29, 0.717) is 5.56 Å². The lowest BCUT2D eigenvalue weighted by atomic mass is 9.66. The summed E-state index contributed by atoms with van der Waals surface area (Å²) in [7, 11) is -2.98. The second kappa shape index (κ2) is 4.26. The van der Waals surface area contributed by atoms with Crippen LogP contribution in [0.15, 0.2) is 24.3 Å². The molecule has 0 aliphatic heterocycles. The number of hydrogen-bond acceptors (Lipinski definition) is 3. The van der Waals surface area contributed by atoms with E-state index < -0.39 is 9.84 Å². The van der Waals surface area contributed by atoms with Gasteiger partial charge in [-0.05, 0) is 18.4 Å². The Kier molecular flexibility index (Phi) is 3.08. The Morgan fingerprint density at radius 3 is 2.18 bits per heavy atom. The molecular weight excluding hydrogens is 236 g/mol. The molecule has 1 aromatic rings. The van der Waals surface area contributed by atoms with E-state index in [-0.39, 0.29) is 11.2 Å². The number of carbonyl (C=O) groups excluding carboxylic acids is 1. The van der Waals surface area contributed by atoms with Gasteiger partial charge in [0.25, 0.3) is 0 Å². The summed E-state index contributed by atoms with van der Waals surface area (Å²) >= 11 is 0. The van der Waals surface area contributed by atoms with Crippen molar-refractivity contribution in [2.75, 3.05) is 12.0 Å². The molecular formula is C13H16O3S. The van der Waals surface area contributed by atoms with Gasteiger partial charge in [-0.2, -0.15) is 0 Å². The maximum Gasteiger partial charge on any atom is 0.150 e. The zero-order valence-electron chi connectivity index (χ0n) is 9.85. The normalized spacial score (nSPS) is 18.4. The molecule has 17 heavy (non-hydrogen) atoms. The minimum Gasteiger partial charge on any atom is -0.298 e. The quantitative estimate of drug-likeness (QED) is 0.770. The third-order valence-electron chi connectivity index (χ3n) is 3.51. The number of carbonyl (C=O) groups is 1. The molecule has 1 aliphatic carbocycles. The van der Waals surface area contributed by atoms with E-state index >= 15 is 0 Å². The van der Waals surface area contributed by atoms with E-state index in [2.05, 4.69) is 0 Å². The van der Waals surface area contributed by atoms with Gasteiger partial charge in [-0.3, -0.25) is 4.79 Å². The van der Waals surface area contributed by atoms with Crippen molar-refractivity contribution in [2.24, 2.45) is 0 Å². The molecule has 0 radical (unpaired) electrons.